The van der Waals surface area contributed by atoms with Crippen LogP contribution in [0.25, 0.3) is 5.69 Å². The number of imidazole rings is 1. The van der Waals surface area contributed by atoms with Crippen molar-refractivity contribution in [3.05, 3.63) is 76.4 Å². The van der Waals surface area contributed by atoms with E-state index in [1.165, 1.54) is 12.1 Å². The van der Waals surface area contributed by atoms with Gasteiger partial charge in [-0.2, -0.15) is 0 Å². The van der Waals surface area contributed by atoms with Crippen LogP contribution in [0.15, 0.2) is 59.8 Å². The fourth-order valence-corrected chi connectivity index (χ4v) is 3.55. The van der Waals surface area contributed by atoms with E-state index in [-0.39, 0.29) is 22.3 Å². The highest BCUT2D eigenvalue weighted by atomic mass is 32.2. The zero-order valence-corrected chi connectivity index (χ0v) is 16.5. The molecule has 3 rings (SSSR count). The Bertz CT molecular complexity index is 1120. The SMILES string of the molecule is Cc1nccn1-c1ccc([C@@H](C)Nc2ccc(S(C)(=O)=O)cc2[N+](=O)[O-])cc1. The van der Waals surface area contributed by atoms with Crippen molar-refractivity contribution >= 4 is 21.2 Å². The Morgan fingerprint density at radius 3 is 2.39 bits per heavy atom. The molecule has 0 aliphatic rings. The van der Waals surface area contributed by atoms with E-state index in [0.29, 0.717) is 0 Å². The van der Waals surface area contributed by atoms with Gasteiger partial charge in [0, 0.05) is 36.4 Å². The van der Waals surface area contributed by atoms with E-state index in [1.807, 2.05) is 48.9 Å². The molecule has 0 fully saturated rings. The van der Waals surface area contributed by atoms with Crippen molar-refractivity contribution < 1.29 is 13.3 Å². The molecule has 2 aromatic carbocycles. The third-order valence-electron chi connectivity index (χ3n) is 4.46. The number of rotatable bonds is 6. The molecule has 1 atom stereocenters. The minimum Gasteiger partial charge on any atom is -0.373 e. The average molecular weight is 400 g/mol. The lowest BCUT2D eigenvalue weighted by atomic mass is 10.1. The highest BCUT2D eigenvalue weighted by Crippen LogP contribution is 2.31. The Balaban J connectivity index is 1.85. The molecule has 28 heavy (non-hydrogen) atoms. The molecule has 146 valence electrons. The maximum absolute atomic E-state index is 11.7. The van der Waals surface area contributed by atoms with E-state index in [4.69, 9.17) is 0 Å². The van der Waals surface area contributed by atoms with E-state index in [2.05, 4.69) is 10.3 Å². The minimum atomic E-state index is -3.53. The third kappa shape index (κ3) is 4.04. The van der Waals surface area contributed by atoms with Crippen LogP contribution in [-0.2, 0) is 9.84 Å². The van der Waals surface area contributed by atoms with Gasteiger partial charge in [-0.05, 0) is 43.7 Å². The second-order valence-electron chi connectivity index (χ2n) is 6.51. The number of hydrogen-bond acceptors (Lipinski definition) is 6. The summed E-state index contributed by atoms with van der Waals surface area (Å²) in [7, 11) is -3.53. The lowest BCUT2D eigenvalue weighted by Crippen LogP contribution is -2.09. The summed E-state index contributed by atoms with van der Waals surface area (Å²) in [5.74, 6) is 0.875. The minimum absolute atomic E-state index is 0.0857. The summed E-state index contributed by atoms with van der Waals surface area (Å²) in [5.41, 5.74) is 1.89. The molecular weight excluding hydrogens is 380 g/mol. The normalized spacial score (nSPS) is 12.5. The van der Waals surface area contributed by atoms with Gasteiger partial charge in [-0.15, -0.1) is 0 Å². The first-order valence-electron chi connectivity index (χ1n) is 8.52. The summed E-state index contributed by atoms with van der Waals surface area (Å²) in [6.07, 6.45) is 4.62. The van der Waals surface area contributed by atoms with Crippen molar-refractivity contribution in [3.63, 3.8) is 0 Å². The van der Waals surface area contributed by atoms with E-state index in [9.17, 15) is 18.5 Å². The second kappa shape index (κ2) is 7.43. The van der Waals surface area contributed by atoms with E-state index in [0.717, 1.165) is 29.4 Å². The van der Waals surface area contributed by atoms with Gasteiger partial charge in [0.05, 0.1) is 9.82 Å². The lowest BCUT2D eigenvalue weighted by Gasteiger charge is -2.17. The highest BCUT2D eigenvalue weighted by molar-refractivity contribution is 7.90. The van der Waals surface area contributed by atoms with E-state index < -0.39 is 14.8 Å². The molecule has 0 bridgehead atoms. The quantitative estimate of drug-likeness (QED) is 0.500. The maximum atomic E-state index is 11.7. The van der Waals surface area contributed by atoms with Gasteiger partial charge in [0.2, 0.25) is 0 Å². The molecule has 0 saturated heterocycles. The molecule has 0 amide bonds. The summed E-state index contributed by atoms with van der Waals surface area (Å²) in [4.78, 5) is 14.9. The van der Waals surface area contributed by atoms with Crippen LogP contribution in [0, 0.1) is 17.0 Å². The van der Waals surface area contributed by atoms with Crippen molar-refractivity contribution in [2.45, 2.75) is 24.8 Å². The van der Waals surface area contributed by atoms with Crippen LogP contribution < -0.4 is 5.32 Å². The van der Waals surface area contributed by atoms with Crippen molar-refractivity contribution in [2.24, 2.45) is 0 Å². The fraction of sp³-hybridized carbons (Fsp3) is 0.211. The molecular formula is C19H20N4O4S. The fourth-order valence-electron chi connectivity index (χ4n) is 2.91. The number of aromatic nitrogens is 2. The molecule has 3 aromatic rings. The molecule has 0 aliphatic heterocycles. The smallest absolute Gasteiger partial charge is 0.293 e. The van der Waals surface area contributed by atoms with Crippen molar-refractivity contribution in [1.29, 1.82) is 0 Å². The number of sulfone groups is 1. The predicted molar refractivity (Wildman–Crippen MR) is 107 cm³/mol. The van der Waals surface area contributed by atoms with Gasteiger partial charge >= 0.3 is 0 Å². The van der Waals surface area contributed by atoms with E-state index >= 15 is 0 Å². The van der Waals surface area contributed by atoms with Gasteiger partial charge < -0.3 is 9.88 Å². The van der Waals surface area contributed by atoms with Gasteiger partial charge in [0.25, 0.3) is 5.69 Å². The van der Waals surface area contributed by atoms with Crippen molar-refractivity contribution in [1.82, 2.24) is 9.55 Å². The predicted octanol–water partition coefficient (Wildman–Crippen LogP) is 3.67. The second-order valence-corrected chi connectivity index (χ2v) is 8.53. The first-order valence-corrected chi connectivity index (χ1v) is 10.4. The molecule has 1 aromatic heterocycles. The molecule has 1 heterocycles. The number of nitrogens with zero attached hydrogens (tertiary/aromatic N) is 3. The van der Waals surface area contributed by atoms with Crippen LogP contribution in [0.4, 0.5) is 11.4 Å². The van der Waals surface area contributed by atoms with Crippen molar-refractivity contribution in [3.8, 4) is 5.69 Å². The summed E-state index contributed by atoms with van der Waals surface area (Å²) in [6, 6.07) is 11.4. The number of anilines is 1. The van der Waals surface area contributed by atoms with Gasteiger partial charge in [-0.1, -0.05) is 12.1 Å². The van der Waals surface area contributed by atoms with Crippen LogP contribution in [0.3, 0.4) is 0 Å². The Labute approximate surface area is 162 Å². The number of nitrogens with one attached hydrogen (secondary N) is 1. The molecule has 0 aliphatic carbocycles. The standard InChI is InChI=1S/C19H20N4O4S/c1-13(15-4-6-16(7-5-15)22-11-10-20-14(22)2)21-18-9-8-17(28(3,26)27)12-19(18)23(24)25/h4-13,21H,1-3H3/t13-/m1/s1. The summed E-state index contributed by atoms with van der Waals surface area (Å²) in [6.45, 7) is 3.79. The van der Waals surface area contributed by atoms with Crippen LogP contribution in [-0.4, -0.2) is 29.1 Å². The van der Waals surface area contributed by atoms with Gasteiger partial charge in [0.1, 0.15) is 11.5 Å². The van der Waals surface area contributed by atoms with Crippen LogP contribution >= 0.6 is 0 Å². The van der Waals surface area contributed by atoms with Crippen LogP contribution in [0.5, 0.6) is 0 Å². The molecule has 0 unspecified atom stereocenters. The maximum Gasteiger partial charge on any atom is 0.293 e. The zero-order valence-electron chi connectivity index (χ0n) is 15.7. The molecule has 0 spiro atoms. The summed E-state index contributed by atoms with van der Waals surface area (Å²) >= 11 is 0. The Morgan fingerprint density at radius 1 is 1.18 bits per heavy atom. The lowest BCUT2D eigenvalue weighted by molar-refractivity contribution is -0.384. The first kappa shape index (κ1) is 19.6. The highest BCUT2D eigenvalue weighted by Gasteiger charge is 2.20. The molecule has 8 nitrogen and oxygen atoms in total. The topological polar surface area (TPSA) is 107 Å². The third-order valence-corrected chi connectivity index (χ3v) is 5.57. The number of hydrogen-bond donors (Lipinski definition) is 1. The van der Waals surface area contributed by atoms with E-state index in [1.54, 1.807) is 6.20 Å². The van der Waals surface area contributed by atoms with Crippen molar-refractivity contribution in [2.75, 3.05) is 11.6 Å². The van der Waals surface area contributed by atoms with Crippen LogP contribution in [0.2, 0.25) is 0 Å². The number of aryl methyl sites for hydroxylation is 1. The van der Waals surface area contributed by atoms with Gasteiger partial charge in [-0.3, -0.25) is 10.1 Å². The van der Waals surface area contributed by atoms with Crippen LogP contribution in [0.1, 0.15) is 24.4 Å². The number of nitro benzene ring substituents is 1. The van der Waals surface area contributed by atoms with Gasteiger partial charge in [0.15, 0.2) is 9.84 Å². The Kier molecular flexibility index (Phi) is 5.19. The monoisotopic (exact) mass is 400 g/mol. The Morgan fingerprint density at radius 2 is 1.86 bits per heavy atom. The molecule has 1 N–H and O–H groups in total. The number of nitro groups is 1. The average Bonchev–Trinajstić information content (AvgIpc) is 3.07. The zero-order chi connectivity index (χ0) is 20.5. The molecule has 0 radical (unpaired) electrons. The summed E-state index contributed by atoms with van der Waals surface area (Å²) in [5, 5.41) is 14.5. The Hall–Kier alpha value is -3.20. The largest absolute Gasteiger partial charge is 0.373 e. The molecule has 9 heteroatoms. The van der Waals surface area contributed by atoms with Gasteiger partial charge in [-0.25, -0.2) is 13.4 Å². The summed E-state index contributed by atoms with van der Waals surface area (Å²) < 4.78 is 25.3. The first-order chi connectivity index (χ1) is 13.2. The molecule has 0 saturated carbocycles. The number of benzene rings is 2.